The van der Waals surface area contributed by atoms with E-state index < -0.39 is 10.8 Å². The third kappa shape index (κ3) is 3.02. The number of hydrogen-bond acceptors (Lipinski definition) is 3. The maximum Gasteiger partial charge on any atom is 0.241 e. The molecule has 0 saturated carbocycles. The molecule has 1 N–H and O–H groups in total. The Balaban J connectivity index is 2.15. The van der Waals surface area contributed by atoms with E-state index in [4.69, 9.17) is 0 Å². The van der Waals surface area contributed by atoms with Gasteiger partial charge >= 0.3 is 0 Å². The van der Waals surface area contributed by atoms with E-state index in [9.17, 15) is 9.00 Å². The number of rotatable bonds is 3. The van der Waals surface area contributed by atoms with Gasteiger partial charge in [0.15, 0.2) is 0 Å². The van der Waals surface area contributed by atoms with Crippen molar-refractivity contribution in [3.63, 3.8) is 0 Å². The minimum absolute atomic E-state index is 0.0557. The van der Waals surface area contributed by atoms with Crippen molar-refractivity contribution in [1.29, 1.82) is 0 Å². The Kier molecular flexibility index (Phi) is 4.66. The molecular weight excluding hydrogens is 260 g/mol. The summed E-state index contributed by atoms with van der Waals surface area (Å²) in [5, 5.41) is 3.50. The zero-order chi connectivity index (χ0) is 14.2. The first-order chi connectivity index (χ1) is 8.91. The van der Waals surface area contributed by atoms with E-state index in [1.54, 1.807) is 0 Å². The van der Waals surface area contributed by atoms with Crippen molar-refractivity contribution in [2.24, 2.45) is 11.8 Å². The van der Waals surface area contributed by atoms with Crippen molar-refractivity contribution >= 4 is 16.7 Å². The third-order valence-corrected chi connectivity index (χ3v) is 5.60. The van der Waals surface area contributed by atoms with Crippen LogP contribution in [0.5, 0.6) is 0 Å². The highest BCUT2D eigenvalue weighted by Crippen LogP contribution is 2.28. The molecule has 0 spiro atoms. The normalized spacial score (nSPS) is 36.5. The minimum atomic E-state index is -0.670. The number of carbonyl (C=O) groups excluding carboxylic acids is 1. The largest absolute Gasteiger partial charge is 0.322 e. The average molecular weight is 286 g/mol. The van der Waals surface area contributed by atoms with Crippen LogP contribution in [0.25, 0.3) is 0 Å². The predicted molar refractivity (Wildman–Crippen MR) is 78.1 cm³/mol. The van der Waals surface area contributed by atoms with Gasteiger partial charge in [-0.1, -0.05) is 27.7 Å². The van der Waals surface area contributed by atoms with Gasteiger partial charge in [-0.05, 0) is 24.7 Å². The van der Waals surface area contributed by atoms with E-state index in [1.807, 2.05) is 0 Å². The molecule has 19 heavy (non-hydrogen) atoms. The Labute approximate surface area is 118 Å². The lowest BCUT2D eigenvalue weighted by Crippen LogP contribution is -2.49. The molecule has 4 nitrogen and oxygen atoms in total. The standard InChI is InChI=1S/C14H26N2O2S/c1-9(2)12-14(17)16(13(15-12)10(3)4)11-5-7-19(18)8-6-11/h9-13,15H,5-8H2,1-4H3. The van der Waals surface area contributed by atoms with Crippen molar-refractivity contribution in [1.82, 2.24) is 10.2 Å². The van der Waals surface area contributed by atoms with E-state index in [2.05, 4.69) is 37.9 Å². The quantitative estimate of drug-likeness (QED) is 0.851. The Hall–Kier alpha value is -0.420. The monoisotopic (exact) mass is 286 g/mol. The Bertz CT molecular complexity index is 360. The van der Waals surface area contributed by atoms with Gasteiger partial charge in [-0.2, -0.15) is 0 Å². The second kappa shape index (κ2) is 5.92. The smallest absolute Gasteiger partial charge is 0.241 e. The van der Waals surface area contributed by atoms with Crippen molar-refractivity contribution in [2.75, 3.05) is 11.5 Å². The molecule has 2 rings (SSSR count). The topological polar surface area (TPSA) is 49.4 Å². The Morgan fingerprint density at radius 3 is 2.21 bits per heavy atom. The molecule has 2 heterocycles. The van der Waals surface area contributed by atoms with Crippen LogP contribution < -0.4 is 5.32 Å². The second-order valence-electron chi connectivity index (χ2n) is 6.40. The summed E-state index contributed by atoms with van der Waals surface area (Å²) in [7, 11) is -0.670. The van der Waals surface area contributed by atoms with Crippen molar-refractivity contribution in [3.05, 3.63) is 0 Å². The number of carbonyl (C=O) groups is 1. The van der Waals surface area contributed by atoms with Crippen LogP contribution in [0.15, 0.2) is 0 Å². The van der Waals surface area contributed by atoms with Crippen LogP contribution in [0.2, 0.25) is 0 Å². The molecule has 110 valence electrons. The van der Waals surface area contributed by atoms with Crippen LogP contribution >= 0.6 is 0 Å². The van der Waals surface area contributed by atoms with Crippen LogP contribution in [0.1, 0.15) is 40.5 Å². The summed E-state index contributed by atoms with van der Waals surface area (Å²) in [6, 6.07) is 0.216. The molecule has 2 unspecified atom stereocenters. The molecule has 1 amide bonds. The molecule has 0 aliphatic carbocycles. The molecule has 2 aliphatic heterocycles. The molecule has 0 aromatic heterocycles. The van der Waals surface area contributed by atoms with Crippen LogP contribution in [-0.4, -0.2) is 44.8 Å². The number of hydrogen-bond donors (Lipinski definition) is 1. The zero-order valence-electron chi connectivity index (χ0n) is 12.4. The highest BCUT2D eigenvalue weighted by atomic mass is 32.2. The van der Waals surface area contributed by atoms with Crippen LogP contribution in [-0.2, 0) is 15.6 Å². The van der Waals surface area contributed by atoms with Crippen LogP contribution in [0.3, 0.4) is 0 Å². The highest BCUT2D eigenvalue weighted by molar-refractivity contribution is 7.85. The van der Waals surface area contributed by atoms with E-state index in [0.717, 1.165) is 24.3 Å². The fraction of sp³-hybridized carbons (Fsp3) is 0.929. The summed E-state index contributed by atoms with van der Waals surface area (Å²) >= 11 is 0. The molecule has 0 aromatic carbocycles. The molecule has 0 aromatic rings. The van der Waals surface area contributed by atoms with Crippen LogP contribution in [0.4, 0.5) is 0 Å². The Morgan fingerprint density at radius 2 is 1.74 bits per heavy atom. The number of amides is 1. The van der Waals surface area contributed by atoms with Gasteiger partial charge in [0.25, 0.3) is 0 Å². The lowest BCUT2D eigenvalue weighted by Gasteiger charge is -2.36. The molecule has 2 fully saturated rings. The predicted octanol–water partition coefficient (Wildman–Crippen LogP) is 1.34. The van der Waals surface area contributed by atoms with Crippen molar-refractivity contribution < 1.29 is 9.00 Å². The van der Waals surface area contributed by atoms with Gasteiger partial charge in [-0.15, -0.1) is 0 Å². The second-order valence-corrected chi connectivity index (χ2v) is 8.10. The number of nitrogens with zero attached hydrogens (tertiary/aromatic N) is 1. The summed E-state index contributed by atoms with van der Waals surface area (Å²) in [5.41, 5.74) is 0. The van der Waals surface area contributed by atoms with Gasteiger partial charge in [-0.3, -0.25) is 14.3 Å². The van der Waals surface area contributed by atoms with Crippen LogP contribution in [0, 0.1) is 11.8 Å². The van der Waals surface area contributed by atoms with Crippen molar-refractivity contribution in [2.45, 2.75) is 58.8 Å². The summed E-state index contributed by atoms with van der Waals surface area (Å²) in [6.45, 7) is 8.49. The first-order valence-electron chi connectivity index (χ1n) is 7.35. The summed E-state index contributed by atoms with van der Waals surface area (Å²) in [5.74, 6) is 2.44. The lowest BCUT2D eigenvalue weighted by molar-refractivity contribution is -0.133. The maximum absolute atomic E-state index is 12.6. The van der Waals surface area contributed by atoms with Gasteiger partial charge in [0, 0.05) is 28.3 Å². The average Bonchev–Trinajstić information content (AvgIpc) is 2.68. The molecule has 2 saturated heterocycles. The maximum atomic E-state index is 12.6. The van der Waals surface area contributed by atoms with Gasteiger partial charge in [0.1, 0.15) is 0 Å². The summed E-state index contributed by atoms with van der Waals surface area (Å²) in [6.07, 6.45) is 1.90. The molecule has 2 aliphatic rings. The van der Waals surface area contributed by atoms with E-state index in [1.165, 1.54) is 0 Å². The molecular formula is C14H26N2O2S. The first-order valence-corrected chi connectivity index (χ1v) is 8.83. The summed E-state index contributed by atoms with van der Waals surface area (Å²) in [4.78, 5) is 14.7. The first kappa shape index (κ1) is 15.0. The highest BCUT2D eigenvalue weighted by Gasteiger charge is 2.45. The molecule has 0 radical (unpaired) electrons. The number of nitrogens with one attached hydrogen (secondary N) is 1. The van der Waals surface area contributed by atoms with Crippen molar-refractivity contribution in [3.8, 4) is 0 Å². The van der Waals surface area contributed by atoms with E-state index in [-0.39, 0.29) is 24.2 Å². The molecule has 2 atom stereocenters. The minimum Gasteiger partial charge on any atom is -0.322 e. The zero-order valence-corrected chi connectivity index (χ0v) is 13.2. The molecule has 5 heteroatoms. The van der Waals surface area contributed by atoms with Gasteiger partial charge < -0.3 is 4.90 Å². The Morgan fingerprint density at radius 1 is 1.16 bits per heavy atom. The summed E-state index contributed by atoms with van der Waals surface area (Å²) < 4.78 is 11.5. The van der Waals surface area contributed by atoms with Gasteiger partial charge in [0.2, 0.25) is 5.91 Å². The van der Waals surface area contributed by atoms with E-state index in [0.29, 0.717) is 11.8 Å². The van der Waals surface area contributed by atoms with Gasteiger partial charge in [0.05, 0.1) is 12.2 Å². The lowest BCUT2D eigenvalue weighted by atomic mass is 10.0. The molecule has 0 bridgehead atoms. The third-order valence-electron chi connectivity index (χ3n) is 4.22. The van der Waals surface area contributed by atoms with E-state index >= 15 is 0 Å². The fourth-order valence-electron chi connectivity index (χ4n) is 3.09. The fourth-order valence-corrected chi connectivity index (χ4v) is 4.37. The SMILES string of the molecule is CC(C)C1NC(C(C)C)N(C2CCS(=O)CC2)C1=O. The van der Waals surface area contributed by atoms with Gasteiger partial charge in [-0.25, -0.2) is 0 Å².